The number of hydrogen-bond donors (Lipinski definition) is 1. The zero-order chi connectivity index (χ0) is 22.4. The maximum Gasteiger partial charge on any atom is 0.308 e. The molecule has 2 heterocycles. The first-order chi connectivity index (χ1) is 14.9. The van der Waals surface area contributed by atoms with E-state index in [1.807, 2.05) is 17.0 Å². The maximum atomic E-state index is 12.9. The summed E-state index contributed by atoms with van der Waals surface area (Å²) in [7, 11) is 4.57. The average molecular weight is 434 g/mol. The van der Waals surface area contributed by atoms with Crippen molar-refractivity contribution in [3.05, 3.63) is 23.8 Å². The Morgan fingerprint density at radius 1 is 1.03 bits per heavy atom. The number of rotatable bonds is 7. The minimum Gasteiger partial charge on any atom is -0.497 e. The van der Waals surface area contributed by atoms with Gasteiger partial charge in [-0.1, -0.05) is 0 Å². The molecule has 3 rings (SSSR count). The fourth-order valence-electron chi connectivity index (χ4n) is 4.19. The molecule has 9 heteroatoms. The van der Waals surface area contributed by atoms with E-state index < -0.39 is 6.04 Å². The fourth-order valence-corrected chi connectivity index (χ4v) is 4.19. The SMILES string of the molecule is COC(=O)C1CCN(C(=O)CC2C(=O)NCCN2Cc2cc(OC)cc(OC)c2)CC1. The molecule has 1 atom stereocenters. The first-order valence-corrected chi connectivity index (χ1v) is 10.5. The summed E-state index contributed by atoms with van der Waals surface area (Å²) >= 11 is 0. The van der Waals surface area contributed by atoms with E-state index in [9.17, 15) is 14.4 Å². The number of ether oxygens (including phenoxy) is 3. The van der Waals surface area contributed by atoms with E-state index in [1.165, 1.54) is 7.11 Å². The third kappa shape index (κ3) is 5.66. The summed E-state index contributed by atoms with van der Waals surface area (Å²) in [4.78, 5) is 41.0. The number of piperazine rings is 1. The number of carbonyl (C=O) groups is 3. The van der Waals surface area contributed by atoms with Crippen LogP contribution < -0.4 is 14.8 Å². The smallest absolute Gasteiger partial charge is 0.308 e. The number of nitrogens with zero attached hydrogens (tertiary/aromatic N) is 2. The Hall–Kier alpha value is -2.81. The van der Waals surface area contributed by atoms with Crippen LogP contribution in [0.3, 0.4) is 0 Å². The van der Waals surface area contributed by atoms with Crippen LogP contribution in [0.2, 0.25) is 0 Å². The minimum absolute atomic E-state index is 0.0708. The third-order valence-electron chi connectivity index (χ3n) is 5.99. The molecule has 0 saturated carbocycles. The van der Waals surface area contributed by atoms with Gasteiger partial charge in [0.05, 0.1) is 39.7 Å². The highest BCUT2D eigenvalue weighted by Gasteiger charge is 2.34. The molecule has 2 aliphatic heterocycles. The minimum atomic E-state index is -0.545. The molecule has 31 heavy (non-hydrogen) atoms. The van der Waals surface area contributed by atoms with Crippen molar-refractivity contribution >= 4 is 17.8 Å². The van der Waals surface area contributed by atoms with Gasteiger partial charge in [0.2, 0.25) is 11.8 Å². The molecule has 0 aromatic heterocycles. The summed E-state index contributed by atoms with van der Waals surface area (Å²) in [5.41, 5.74) is 0.947. The van der Waals surface area contributed by atoms with Crippen LogP contribution in [0.5, 0.6) is 11.5 Å². The van der Waals surface area contributed by atoms with Gasteiger partial charge >= 0.3 is 5.97 Å². The normalized spacial score (nSPS) is 20.2. The Bertz CT molecular complexity index is 784. The number of likely N-dealkylation sites (tertiary alicyclic amines) is 1. The van der Waals surface area contributed by atoms with Gasteiger partial charge in [0, 0.05) is 38.8 Å². The van der Waals surface area contributed by atoms with Crippen LogP contribution in [-0.2, 0) is 25.7 Å². The van der Waals surface area contributed by atoms with Crippen LogP contribution in [0.15, 0.2) is 18.2 Å². The van der Waals surface area contributed by atoms with Crippen molar-refractivity contribution in [2.75, 3.05) is 47.5 Å². The van der Waals surface area contributed by atoms with Gasteiger partial charge in [0.15, 0.2) is 0 Å². The van der Waals surface area contributed by atoms with Crippen molar-refractivity contribution in [2.45, 2.75) is 31.8 Å². The summed E-state index contributed by atoms with van der Waals surface area (Å²) in [6.07, 6.45) is 1.28. The monoisotopic (exact) mass is 433 g/mol. The Kier molecular flexibility index (Phi) is 7.73. The van der Waals surface area contributed by atoms with Crippen molar-refractivity contribution in [3.8, 4) is 11.5 Å². The van der Waals surface area contributed by atoms with Gasteiger partial charge in [-0.15, -0.1) is 0 Å². The van der Waals surface area contributed by atoms with Crippen LogP contribution >= 0.6 is 0 Å². The summed E-state index contributed by atoms with van der Waals surface area (Å²) in [5, 5.41) is 2.87. The second kappa shape index (κ2) is 10.5. The molecule has 2 aliphatic rings. The topological polar surface area (TPSA) is 97.4 Å². The predicted molar refractivity (Wildman–Crippen MR) is 113 cm³/mol. The Morgan fingerprint density at radius 2 is 1.68 bits per heavy atom. The molecule has 0 bridgehead atoms. The van der Waals surface area contributed by atoms with Crippen molar-refractivity contribution in [1.82, 2.24) is 15.1 Å². The molecule has 1 aromatic carbocycles. The quantitative estimate of drug-likeness (QED) is 0.636. The van der Waals surface area contributed by atoms with Crippen LogP contribution in [0.25, 0.3) is 0 Å². The van der Waals surface area contributed by atoms with E-state index in [0.717, 1.165) is 5.56 Å². The van der Waals surface area contributed by atoms with Gasteiger partial charge < -0.3 is 24.4 Å². The Balaban J connectivity index is 1.65. The van der Waals surface area contributed by atoms with E-state index >= 15 is 0 Å². The second-order valence-electron chi connectivity index (χ2n) is 7.88. The molecule has 2 amide bonds. The van der Waals surface area contributed by atoms with Crippen LogP contribution in [0, 0.1) is 5.92 Å². The maximum absolute atomic E-state index is 12.9. The van der Waals surface area contributed by atoms with E-state index in [4.69, 9.17) is 14.2 Å². The average Bonchev–Trinajstić information content (AvgIpc) is 2.80. The third-order valence-corrected chi connectivity index (χ3v) is 5.99. The lowest BCUT2D eigenvalue weighted by molar-refractivity contribution is -0.149. The first-order valence-electron chi connectivity index (χ1n) is 10.5. The number of piperidine rings is 1. The standard InChI is InChI=1S/C22H31N3O6/c1-29-17-10-15(11-18(12-17)30-2)14-25-9-6-23-21(27)19(25)13-20(26)24-7-4-16(5-8-24)22(28)31-3/h10-12,16,19H,4-9,13-14H2,1-3H3,(H,23,27). The molecule has 2 fully saturated rings. The highest BCUT2D eigenvalue weighted by atomic mass is 16.5. The molecule has 0 radical (unpaired) electrons. The summed E-state index contributed by atoms with van der Waals surface area (Å²) in [6.45, 7) is 2.69. The van der Waals surface area contributed by atoms with E-state index in [2.05, 4.69) is 5.32 Å². The van der Waals surface area contributed by atoms with Gasteiger partial charge in [0.25, 0.3) is 0 Å². The van der Waals surface area contributed by atoms with E-state index in [1.54, 1.807) is 25.2 Å². The lowest BCUT2D eigenvalue weighted by atomic mass is 9.96. The molecular weight excluding hydrogens is 402 g/mol. The Labute approximate surface area is 182 Å². The van der Waals surface area contributed by atoms with Crippen LogP contribution in [-0.4, -0.2) is 81.1 Å². The highest BCUT2D eigenvalue weighted by molar-refractivity contribution is 5.89. The van der Waals surface area contributed by atoms with Gasteiger partial charge in [-0.25, -0.2) is 0 Å². The predicted octanol–water partition coefficient (Wildman–Crippen LogP) is 0.806. The fraction of sp³-hybridized carbons (Fsp3) is 0.591. The van der Waals surface area contributed by atoms with Crippen LogP contribution in [0.1, 0.15) is 24.8 Å². The number of benzene rings is 1. The molecule has 9 nitrogen and oxygen atoms in total. The molecule has 0 spiro atoms. The van der Waals surface area contributed by atoms with Crippen LogP contribution in [0.4, 0.5) is 0 Å². The number of hydrogen-bond acceptors (Lipinski definition) is 7. The van der Waals surface area contributed by atoms with Crippen molar-refractivity contribution in [2.24, 2.45) is 5.92 Å². The number of esters is 1. The van der Waals surface area contributed by atoms with Gasteiger partial charge in [-0.2, -0.15) is 0 Å². The second-order valence-corrected chi connectivity index (χ2v) is 7.88. The summed E-state index contributed by atoms with van der Waals surface area (Å²) in [5.74, 6) is 0.761. The first kappa shape index (κ1) is 22.9. The highest BCUT2D eigenvalue weighted by Crippen LogP contribution is 2.25. The Morgan fingerprint density at radius 3 is 2.26 bits per heavy atom. The molecule has 1 unspecified atom stereocenters. The number of nitrogens with one attached hydrogen (secondary N) is 1. The molecule has 0 aliphatic carbocycles. The molecule has 170 valence electrons. The lowest BCUT2D eigenvalue weighted by Crippen LogP contribution is -2.56. The van der Waals surface area contributed by atoms with Crippen molar-refractivity contribution in [3.63, 3.8) is 0 Å². The van der Waals surface area contributed by atoms with E-state index in [0.29, 0.717) is 57.1 Å². The number of methoxy groups -OCH3 is 3. The number of carbonyl (C=O) groups excluding carboxylic acids is 3. The lowest BCUT2D eigenvalue weighted by Gasteiger charge is -2.37. The molecule has 1 N–H and O–H groups in total. The van der Waals surface area contributed by atoms with E-state index in [-0.39, 0.29) is 30.1 Å². The summed E-state index contributed by atoms with van der Waals surface area (Å²) < 4.78 is 15.5. The van der Waals surface area contributed by atoms with Gasteiger partial charge in [-0.05, 0) is 30.5 Å². The molecule has 1 aromatic rings. The van der Waals surface area contributed by atoms with Gasteiger partial charge in [0.1, 0.15) is 11.5 Å². The largest absolute Gasteiger partial charge is 0.497 e. The zero-order valence-electron chi connectivity index (χ0n) is 18.4. The molecule has 2 saturated heterocycles. The molecular formula is C22H31N3O6. The van der Waals surface area contributed by atoms with Crippen molar-refractivity contribution < 1.29 is 28.6 Å². The number of amides is 2. The summed E-state index contributed by atoms with van der Waals surface area (Å²) in [6, 6.07) is 5.07. The zero-order valence-corrected chi connectivity index (χ0v) is 18.4. The van der Waals surface area contributed by atoms with Gasteiger partial charge in [-0.3, -0.25) is 19.3 Å². The van der Waals surface area contributed by atoms with Crippen molar-refractivity contribution in [1.29, 1.82) is 0 Å².